The molecule has 0 fully saturated rings. The Morgan fingerprint density at radius 1 is 0.825 bits per heavy atom. The van der Waals surface area contributed by atoms with Crippen LogP contribution in [0.15, 0.2) is 48.5 Å². The quantitative estimate of drug-likeness (QED) is 0.218. The number of carbonyl (C=O) groups excluding carboxylic acids is 2. The Morgan fingerprint density at radius 2 is 1.38 bits per heavy atom. The lowest BCUT2D eigenvalue weighted by atomic mass is 9.79. The summed E-state index contributed by atoms with van der Waals surface area (Å²) in [6, 6.07) is 12.9. The molecule has 212 valence electrons. The van der Waals surface area contributed by atoms with Crippen molar-refractivity contribution in [3.63, 3.8) is 0 Å². The number of phenolic OH excluding ortho intramolecular Hbond substituents is 1. The monoisotopic (exact) mass is 584 g/mol. The number of anilines is 3. The van der Waals surface area contributed by atoms with Crippen molar-refractivity contribution < 1.29 is 29.0 Å². The minimum Gasteiger partial charge on any atom is -0.507 e. The minimum absolute atomic E-state index is 0.150. The van der Waals surface area contributed by atoms with Crippen molar-refractivity contribution in [2.45, 2.75) is 59.3 Å². The first-order chi connectivity index (χ1) is 18.3. The van der Waals surface area contributed by atoms with Gasteiger partial charge in [0.2, 0.25) is 0 Å². The summed E-state index contributed by atoms with van der Waals surface area (Å²) in [7, 11) is -4.56. The first-order valence-electron chi connectivity index (χ1n) is 12.8. The number of amides is 2. The van der Waals surface area contributed by atoms with E-state index < -0.39 is 36.5 Å². The number of aromatic hydroxyl groups is 1. The average Bonchev–Trinajstić information content (AvgIpc) is 3.05. The van der Waals surface area contributed by atoms with Crippen molar-refractivity contribution in [2.24, 2.45) is 0 Å². The van der Waals surface area contributed by atoms with E-state index in [-0.39, 0.29) is 16.9 Å². The smallest absolute Gasteiger partial charge is 0.345 e. The van der Waals surface area contributed by atoms with E-state index in [0.29, 0.717) is 38.8 Å². The molecular formula is C30H34ClN2O6P. The molecule has 0 atom stereocenters. The Hall–Kier alpha value is -3.16. The zero-order valence-corrected chi connectivity index (χ0v) is 25.3. The number of benzene rings is 3. The molecule has 0 bridgehead atoms. The predicted octanol–water partition coefficient (Wildman–Crippen LogP) is 7.02. The topological polar surface area (TPSA) is 118 Å². The molecule has 40 heavy (non-hydrogen) atoms. The van der Waals surface area contributed by atoms with Gasteiger partial charge in [0, 0.05) is 27.5 Å². The first-order valence-corrected chi connectivity index (χ1v) is 15.0. The minimum atomic E-state index is -4.56. The highest BCUT2D eigenvalue weighted by Gasteiger charge is 2.38. The normalized spacial score (nSPS) is 14.1. The molecule has 3 aromatic carbocycles. The van der Waals surface area contributed by atoms with Crippen LogP contribution in [-0.4, -0.2) is 33.0 Å². The second-order valence-electron chi connectivity index (χ2n) is 12.2. The van der Waals surface area contributed by atoms with Gasteiger partial charge in [0.25, 0.3) is 11.8 Å². The van der Waals surface area contributed by atoms with Crippen molar-refractivity contribution in [3.05, 3.63) is 81.4 Å². The second kappa shape index (κ2) is 10.0. The molecule has 3 aromatic rings. The van der Waals surface area contributed by atoms with Crippen molar-refractivity contribution in [3.8, 4) is 5.75 Å². The maximum absolute atomic E-state index is 13.1. The van der Waals surface area contributed by atoms with Crippen LogP contribution in [0, 0.1) is 6.92 Å². The van der Waals surface area contributed by atoms with E-state index in [1.807, 2.05) is 41.5 Å². The Labute approximate surface area is 239 Å². The lowest BCUT2D eigenvalue weighted by molar-refractivity contribution is 0.0925. The van der Waals surface area contributed by atoms with Gasteiger partial charge in [0.1, 0.15) is 12.0 Å². The molecule has 2 amide bonds. The molecule has 3 N–H and O–H groups in total. The number of hydrogen-bond acceptors (Lipinski definition) is 5. The number of hydrogen-bond donors (Lipinski definition) is 3. The summed E-state index contributed by atoms with van der Waals surface area (Å²) >= 11 is 6.05. The summed E-state index contributed by atoms with van der Waals surface area (Å²) in [6.45, 7) is 13.5. The molecule has 0 unspecified atom stereocenters. The van der Waals surface area contributed by atoms with Crippen LogP contribution in [0.4, 0.5) is 17.1 Å². The molecule has 10 heteroatoms. The van der Waals surface area contributed by atoms with Gasteiger partial charge in [0.05, 0.1) is 16.8 Å². The number of phenols is 1. The van der Waals surface area contributed by atoms with Crippen molar-refractivity contribution in [1.29, 1.82) is 0 Å². The highest BCUT2D eigenvalue weighted by atomic mass is 35.5. The van der Waals surface area contributed by atoms with Crippen LogP contribution in [0.1, 0.15) is 78.9 Å². The standard InChI is InChI=1S/C30H34ClN2O6P/c1-17-12-19(9-11-25(17)33-27(35)21-10-8-18(31)13-22(21)28(33)36)32(16-40(37,38)39)20-14-23(29(2,3)4)26(34)24(15-20)30(5,6)7/h8-15,34H,16H2,1-7H3,(H2,37,38,39). The van der Waals surface area contributed by atoms with E-state index in [0.717, 1.165) is 4.90 Å². The lowest BCUT2D eigenvalue weighted by Gasteiger charge is -2.32. The molecule has 1 aliphatic heterocycles. The predicted molar refractivity (Wildman–Crippen MR) is 158 cm³/mol. The number of aryl methyl sites for hydroxylation is 1. The Kier molecular flexibility index (Phi) is 7.48. The van der Waals surface area contributed by atoms with Crippen molar-refractivity contribution >= 4 is 48.1 Å². The van der Waals surface area contributed by atoms with E-state index in [2.05, 4.69) is 0 Å². The summed E-state index contributed by atoms with van der Waals surface area (Å²) in [4.78, 5) is 48.9. The Balaban J connectivity index is 1.86. The van der Waals surface area contributed by atoms with Crippen LogP contribution >= 0.6 is 19.2 Å². The molecule has 0 spiro atoms. The van der Waals surface area contributed by atoms with Crippen LogP contribution in [-0.2, 0) is 15.4 Å². The molecule has 4 rings (SSSR count). The van der Waals surface area contributed by atoms with Crippen LogP contribution in [0.2, 0.25) is 5.02 Å². The third kappa shape index (κ3) is 5.68. The second-order valence-corrected chi connectivity index (χ2v) is 14.3. The van der Waals surface area contributed by atoms with E-state index >= 15 is 0 Å². The molecular weight excluding hydrogens is 551 g/mol. The highest BCUT2D eigenvalue weighted by Crippen LogP contribution is 2.46. The van der Waals surface area contributed by atoms with E-state index in [9.17, 15) is 29.0 Å². The summed E-state index contributed by atoms with van der Waals surface area (Å²) < 4.78 is 12.3. The Bertz CT molecular complexity index is 1550. The summed E-state index contributed by atoms with van der Waals surface area (Å²) in [5.74, 6) is -0.812. The van der Waals surface area contributed by atoms with Crippen LogP contribution < -0.4 is 9.80 Å². The van der Waals surface area contributed by atoms with Crippen LogP contribution in [0.5, 0.6) is 5.75 Å². The first kappa shape index (κ1) is 29.8. The number of rotatable bonds is 5. The largest absolute Gasteiger partial charge is 0.507 e. The van der Waals surface area contributed by atoms with E-state index in [1.165, 1.54) is 17.0 Å². The van der Waals surface area contributed by atoms with Gasteiger partial charge in [-0.2, -0.15) is 0 Å². The fourth-order valence-corrected chi connectivity index (χ4v) is 5.77. The van der Waals surface area contributed by atoms with Gasteiger partial charge >= 0.3 is 7.60 Å². The van der Waals surface area contributed by atoms with Gasteiger partial charge in [0.15, 0.2) is 0 Å². The third-order valence-electron chi connectivity index (χ3n) is 6.93. The van der Waals surface area contributed by atoms with Gasteiger partial charge in [-0.15, -0.1) is 0 Å². The average molecular weight is 585 g/mol. The number of nitrogens with zero attached hydrogens (tertiary/aromatic N) is 2. The van der Waals surface area contributed by atoms with Crippen LogP contribution in [0.3, 0.4) is 0 Å². The van der Waals surface area contributed by atoms with Gasteiger partial charge in [-0.25, -0.2) is 4.90 Å². The lowest BCUT2D eigenvalue weighted by Crippen LogP contribution is -2.30. The molecule has 0 saturated carbocycles. The van der Waals surface area contributed by atoms with Gasteiger partial charge in [-0.1, -0.05) is 53.1 Å². The number of fused-ring (bicyclic) bond motifs is 1. The molecule has 0 radical (unpaired) electrons. The van der Waals surface area contributed by atoms with Crippen molar-refractivity contribution in [2.75, 3.05) is 16.1 Å². The number of halogens is 1. The molecule has 1 heterocycles. The van der Waals surface area contributed by atoms with Gasteiger partial charge in [-0.05, 0) is 71.8 Å². The van der Waals surface area contributed by atoms with E-state index in [1.54, 1.807) is 43.3 Å². The van der Waals surface area contributed by atoms with Gasteiger partial charge in [-0.3, -0.25) is 14.2 Å². The summed E-state index contributed by atoms with van der Waals surface area (Å²) in [5, 5.41) is 11.5. The van der Waals surface area contributed by atoms with Crippen molar-refractivity contribution in [1.82, 2.24) is 0 Å². The molecule has 1 aliphatic rings. The molecule has 8 nitrogen and oxygen atoms in total. The summed E-state index contributed by atoms with van der Waals surface area (Å²) in [6.07, 6.45) is -0.616. The molecule has 0 saturated heterocycles. The van der Waals surface area contributed by atoms with E-state index in [4.69, 9.17) is 11.6 Å². The van der Waals surface area contributed by atoms with Gasteiger partial charge < -0.3 is 19.8 Å². The number of imide groups is 1. The fraction of sp³-hybridized carbons (Fsp3) is 0.333. The fourth-order valence-electron chi connectivity index (χ4n) is 4.91. The maximum Gasteiger partial charge on any atom is 0.345 e. The Morgan fingerprint density at radius 3 is 1.88 bits per heavy atom. The highest BCUT2D eigenvalue weighted by molar-refractivity contribution is 7.51. The number of carbonyl (C=O) groups is 2. The summed E-state index contributed by atoms with van der Waals surface area (Å²) in [5.41, 5.74) is 2.72. The zero-order chi connectivity index (χ0) is 29.9. The van der Waals surface area contributed by atoms with Crippen LogP contribution in [0.25, 0.3) is 0 Å². The zero-order valence-electron chi connectivity index (χ0n) is 23.6. The SMILES string of the molecule is Cc1cc(N(CP(=O)(O)O)c2cc(C(C)(C)C)c(O)c(C(C)(C)C)c2)ccc1N1C(=O)c2ccc(Cl)cc2C1=O. The molecule has 0 aromatic heterocycles. The third-order valence-corrected chi connectivity index (χ3v) is 7.82. The molecule has 0 aliphatic carbocycles. The maximum atomic E-state index is 13.1.